The lowest BCUT2D eigenvalue weighted by atomic mass is 10.2. The second-order valence-corrected chi connectivity index (χ2v) is 6.73. The van der Waals surface area contributed by atoms with Gasteiger partial charge in [-0.25, -0.2) is 9.07 Å². The molecule has 0 saturated carbocycles. The molecule has 30 heavy (non-hydrogen) atoms. The molecule has 0 atom stereocenters. The molecule has 3 rings (SSSR count). The number of carbonyl (C=O) groups excluding carboxylic acids is 1. The third-order valence-electron chi connectivity index (χ3n) is 4.06. The highest BCUT2D eigenvalue weighted by Crippen LogP contribution is 2.24. The summed E-state index contributed by atoms with van der Waals surface area (Å²) in [6.07, 6.45) is -4.44. The number of carbonyl (C=O) groups is 1. The van der Waals surface area contributed by atoms with Crippen molar-refractivity contribution in [1.82, 2.24) is 15.1 Å². The van der Waals surface area contributed by atoms with Crippen molar-refractivity contribution < 1.29 is 27.1 Å². The molecule has 0 fully saturated rings. The summed E-state index contributed by atoms with van der Waals surface area (Å²) in [5, 5.41) is 6.93. The number of rotatable bonds is 6. The minimum atomic E-state index is -4.44. The van der Waals surface area contributed by atoms with Crippen LogP contribution in [-0.2, 0) is 6.54 Å². The molecule has 0 spiro atoms. The van der Waals surface area contributed by atoms with Crippen molar-refractivity contribution in [2.24, 2.45) is 0 Å². The topological polar surface area (TPSA) is 56.2 Å². The fraction of sp³-hybridized carbons (Fsp3) is 0.200. The summed E-state index contributed by atoms with van der Waals surface area (Å²) in [4.78, 5) is 12.6. The summed E-state index contributed by atoms with van der Waals surface area (Å²) in [7, 11) is 0. The molecule has 10 heteroatoms. The van der Waals surface area contributed by atoms with Gasteiger partial charge in [0, 0.05) is 6.54 Å². The summed E-state index contributed by atoms with van der Waals surface area (Å²) in [6.45, 7) is 0.242. The molecular weight excluding hydrogens is 426 g/mol. The molecule has 1 aromatic heterocycles. The molecule has 0 aliphatic rings. The molecule has 2 aromatic carbocycles. The van der Waals surface area contributed by atoms with E-state index in [-0.39, 0.29) is 23.0 Å². The highest BCUT2D eigenvalue weighted by atomic mass is 35.5. The number of aryl methyl sites for hydroxylation is 1. The molecule has 0 saturated heterocycles. The Morgan fingerprint density at radius 3 is 2.57 bits per heavy atom. The highest BCUT2D eigenvalue weighted by molar-refractivity contribution is 6.33. The van der Waals surface area contributed by atoms with Gasteiger partial charge in [-0.05, 0) is 48.9 Å². The van der Waals surface area contributed by atoms with Gasteiger partial charge in [-0.3, -0.25) is 4.79 Å². The number of hydrogen-bond acceptors (Lipinski definition) is 3. The van der Waals surface area contributed by atoms with Gasteiger partial charge in [0.15, 0.2) is 6.61 Å². The van der Waals surface area contributed by atoms with Crippen LogP contribution in [-0.4, -0.2) is 28.5 Å². The van der Waals surface area contributed by atoms with Gasteiger partial charge in [0.25, 0.3) is 5.91 Å². The van der Waals surface area contributed by atoms with Crippen LogP contribution >= 0.6 is 11.6 Å². The number of aromatic nitrogens is 2. The van der Waals surface area contributed by atoms with Crippen LogP contribution in [0.1, 0.15) is 21.6 Å². The van der Waals surface area contributed by atoms with Crippen LogP contribution in [0.3, 0.4) is 0 Å². The number of alkyl halides is 3. The van der Waals surface area contributed by atoms with Gasteiger partial charge in [-0.1, -0.05) is 23.7 Å². The first kappa shape index (κ1) is 21.6. The molecule has 0 radical (unpaired) electrons. The summed E-state index contributed by atoms with van der Waals surface area (Å²) in [5.41, 5.74) is 1.54. The van der Waals surface area contributed by atoms with Crippen LogP contribution in [0.5, 0.6) is 5.75 Å². The maximum Gasteiger partial charge on any atom is 0.422 e. The van der Waals surface area contributed by atoms with E-state index in [0.717, 1.165) is 0 Å². The smallest absolute Gasteiger partial charge is 0.422 e. The Balaban J connectivity index is 1.71. The van der Waals surface area contributed by atoms with Gasteiger partial charge >= 0.3 is 6.18 Å². The lowest BCUT2D eigenvalue weighted by Gasteiger charge is -2.11. The average molecular weight is 442 g/mol. The van der Waals surface area contributed by atoms with Crippen LogP contribution in [0.4, 0.5) is 17.6 Å². The van der Waals surface area contributed by atoms with Gasteiger partial charge in [0.1, 0.15) is 16.7 Å². The zero-order chi connectivity index (χ0) is 21.9. The predicted molar refractivity (Wildman–Crippen MR) is 102 cm³/mol. The number of nitrogens with zero attached hydrogens (tertiary/aromatic N) is 2. The van der Waals surface area contributed by atoms with Crippen molar-refractivity contribution in [2.75, 3.05) is 6.61 Å². The molecule has 1 amide bonds. The van der Waals surface area contributed by atoms with Crippen molar-refractivity contribution in [2.45, 2.75) is 19.6 Å². The number of ether oxygens (including phenoxy) is 1. The Hall–Kier alpha value is -3.07. The van der Waals surface area contributed by atoms with Gasteiger partial charge < -0.3 is 10.1 Å². The first-order valence-corrected chi connectivity index (χ1v) is 9.09. The van der Waals surface area contributed by atoms with E-state index in [1.807, 2.05) is 0 Å². The predicted octanol–water partition coefficient (Wildman–Crippen LogP) is 4.84. The van der Waals surface area contributed by atoms with Crippen LogP contribution in [0.25, 0.3) is 5.69 Å². The van der Waals surface area contributed by atoms with Crippen LogP contribution in [0.15, 0.2) is 48.5 Å². The molecule has 0 bridgehead atoms. The van der Waals surface area contributed by atoms with Gasteiger partial charge in [-0.2, -0.15) is 18.3 Å². The first-order valence-electron chi connectivity index (χ1n) is 8.72. The van der Waals surface area contributed by atoms with Crippen molar-refractivity contribution in [3.05, 3.63) is 76.3 Å². The average Bonchev–Trinajstić information content (AvgIpc) is 2.99. The molecule has 0 unspecified atom stereocenters. The Bertz CT molecular complexity index is 1050. The van der Waals surface area contributed by atoms with E-state index in [4.69, 9.17) is 16.3 Å². The summed E-state index contributed by atoms with van der Waals surface area (Å²) < 4.78 is 56.0. The van der Waals surface area contributed by atoms with Crippen molar-refractivity contribution in [3.63, 3.8) is 0 Å². The van der Waals surface area contributed by atoms with E-state index in [2.05, 4.69) is 10.4 Å². The largest absolute Gasteiger partial charge is 0.484 e. The normalized spacial score (nSPS) is 11.4. The second kappa shape index (κ2) is 8.74. The molecule has 1 N–H and O–H groups in total. The van der Waals surface area contributed by atoms with E-state index >= 15 is 0 Å². The minimum Gasteiger partial charge on any atom is -0.484 e. The maximum atomic E-state index is 13.1. The zero-order valence-electron chi connectivity index (χ0n) is 15.6. The summed E-state index contributed by atoms with van der Waals surface area (Å²) in [6, 6.07) is 11.4. The third kappa shape index (κ3) is 5.29. The highest BCUT2D eigenvalue weighted by Gasteiger charge is 2.28. The summed E-state index contributed by atoms with van der Waals surface area (Å²) in [5.74, 6) is -0.886. The molecule has 3 aromatic rings. The molecule has 1 heterocycles. The van der Waals surface area contributed by atoms with E-state index in [1.54, 1.807) is 13.0 Å². The monoisotopic (exact) mass is 441 g/mol. The maximum absolute atomic E-state index is 13.1. The minimum absolute atomic E-state index is 0.0393. The molecule has 158 valence electrons. The Morgan fingerprint density at radius 2 is 1.90 bits per heavy atom. The van der Waals surface area contributed by atoms with Crippen molar-refractivity contribution >= 4 is 17.5 Å². The fourth-order valence-corrected chi connectivity index (χ4v) is 3.05. The van der Waals surface area contributed by atoms with E-state index in [1.165, 1.54) is 47.1 Å². The Kier molecular flexibility index (Phi) is 6.31. The Morgan fingerprint density at radius 1 is 1.20 bits per heavy atom. The second-order valence-electron chi connectivity index (χ2n) is 6.37. The number of hydrogen-bond donors (Lipinski definition) is 1. The number of amides is 1. The van der Waals surface area contributed by atoms with Crippen LogP contribution in [0.2, 0.25) is 5.15 Å². The quantitative estimate of drug-likeness (QED) is 0.557. The van der Waals surface area contributed by atoms with Gasteiger partial charge in [0.2, 0.25) is 0 Å². The van der Waals surface area contributed by atoms with Crippen LogP contribution < -0.4 is 10.1 Å². The summed E-state index contributed by atoms with van der Waals surface area (Å²) >= 11 is 6.31. The van der Waals surface area contributed by atoms with E-state index < -0.39 is 24.5 Å². The molecule has 5 nitrogen and oxygen atoms in total. The van der Waals surface area contributed by atoms with Crippen molar-refractivity contribution in [1.29, 1.82) is 0 Å². The fourth-order valence-electron chi connectivity index (χ4n) is 2.69. The molecule has 0 aliphatic heterocycles. The lowest BCUT2D eigenvalue weighted by molar-refractivity contribution is -0.153. The molecule has 0 aliphatic carbocycles. The SMILES string of the molecule is Cc1nn(-c2ccc(F)cc2)c(Cl)c1C(=O)NCc1cccc(OCC(F)(F)F)c1. The van der Waals surface area contributed by atoms with Gasteiger partial charge in [0.05, 0.1) is 16.9 Å². The lowest BCUT2D eigenvalue weighted by Crippen LogP contribution is -2.23. The zero-order valence-corrected chi connectivity index (χ0v) is 16.4. The van der Waals surface area contributed by atoms with Gasteiger partial charge in [-0.15, -0.1) is 0 Å². The first-order chi connectivity index (χ1) is 14.1. The van der Waals surface area contributed by atoms with E-state index in [0.29, 0.717) is 16.9 Å². The van der Waals surface area contributed by atoms with Crippen LogP contribution in [0, 0.1) is 12.7 Å². The van der Waals surface area contributed by atoms with E-state index in [9.17, 15) is 22.4 Å². The Labute approximate surface area is 174 Å². The number of nitrogens with one attached hydrogen (secondary N) is 1. The number of benzene rings is 2. The molecular formula is C20H16ClF4N3O2. The van der Waals surface area contributed by atoms with Crippen molar-refractivity contribution in [3.8, 4) is 11.4 Å². The number of halogens is 5. The standard InChI is InChI=1S/C20H16ClF4N3O2/c1-12-17(18(21)28(27-12)15-7-5-14(22)6-8-15)19(29)26-10-13-3-2-4-16(9-13)30-11-20(23,24)25/h2-9H,10-11H2,1H3,(H,26,29). The third-order valence-corrected chi connectivity index (χ3v) is 4.41.